The molecule has 0 saturated carbocycles. The molecule has 1 heterocycles. The van der Waals surface area contributed by atoms with E-state index in [-0.39, 0.29) is 11.3 Å². The van der Waals surface area contributed by atoms with Crippen molar-refractivity contribution in [2.75, 3.05) is 0 Å². The van der Waals surface area contributed by atoms with Gasteiger partial charge in [-0.05, 0) is 62.1 Å². The summed E-state index contributed by atoms with van der Waals surface area (Å²) in [5.41, 5.74) is 5.38. The number of carbonyl (C=O) groups excluding carboxylic acids is 1. The zero-order valence-electron chi connectivity index (χ0n) is 14.4. The van der Waals surface area contributed by atoms with Crippen LogP contribution in [0.1, 0.15) is 39.5 Å². The molecule has 0 spiro atoms. The van der Waals surface area contributed by atoms with Crippen molar-refractivity contribution < 1.29 is 4.79 Å². The lowest BCUT2D eigenvalue weighted by Gasteiger charge is -2.17. The zero-order chi connectivity index (χ0) is 17.4. The lowest BCUT2D eigenvalue weighted by Crippen LogP contribution is -2.22. The molecule has 3 aromatic rings. The van der Waals surface area contributed by atoms with Crippen molar-refractivity contribution in [1.29, 1.82) is 0 Å². The Bertz CT molecular complexity index is 1020. The normalized spacial score (nSPS) is 11.0. The first-order valence-electron chi connectivity index (χ1n) is 7.95. The Morgan fingerprint density at radius 3 is 2.54 bits per heavy atom. The molecule has 0 aliphatic heterocycles. The molecule has 0 bridgehead atoms. The largest absolute Gasteiger partial charge is 0.294 e. The van der Waals surface area contributed by atoms with Crippen LogP contribution in [0.25, 0.3) is 10.9 Å². The lowest BCUT2D eigenvalue weighted by atomic mass is 9.91. The number of benzene rings is 2. The molecule has 0 aliphatic rings. The Labute approximate surface area is 140 Å². The molecule has 4 nitrogen and oxygen atoms in total. The molecule has 0 fully saturated rings. The van der Waals surface area contributed by atoms with Gasteiger partial charge in [-0.1, -0.05) is 18.2 Å². The molecular formula is C20H20N2O2. The molecule has 0 saturated heterocycles. The highest BCUT2D eigenvalue weighted by Crippen LogP contribution is 2.23. The van der Waals surface area contributed by atoms with Crippen molar-refractivity contribution in [1.82, 2.24) is 9.55 Å². The van der Waals surface area contributed by atoms with Gasteiger partial charge in [0.25, 0.3) is 5.56 Å². The van der Waals surface area contributed by atoms with Crippen molar-refractivity contribution in [3.63, 3.8) is 0 Å². The number of rotatable bonds is 3. The summed E-state index contributed by atoms with van der Waals surface area (Å²) in [7, 11) is 0. The summed E-state index contributed by atoms with van der Waals surface area (Å²) in [5, 5.41) is 0.606. The Hall–Kier alpha value is -2.75. The number of aryl methyl sites for hydroxylation is 2. The average molecular weight is 320 g/mol. The second-order valence-corrected chi connectivity index (χ2v) is 6.24. The number of carbonyl (C=O) groups is 1. The average Bonchev–Trinajstić information content (AvgIpc) is 2.53. The third-order valence-electron chi connectivity index (χ3n) is 4.54. The number of nitrogens with zero attached hydrogens (tertiary/aromatic N) is 2. The molecular weight excluding hydrogens is 300 g/mol. The summed E-state index contributed by atoms with van der Waals surface area (Å²) < 4.78 is 1.61. The van der Waals surface area contributed by atoms with Crippen molar-refractivity contribution in [3.05, 3.63) is 74.8 Å². The topological polar surface area (TPSA) is 52.0 Å². The van der Waals surface area contributed by atoms with E-state index < -0.39 is 0 Å². The van der Waals surface area contributed by atoms with Gasteiger partial charge in [0.2, 0.25) is 0 Å². The van der Waals surface area contributed by atoms with E-state index in [0.717, 1.165) is 27.8 Å². The molecule has 24 heavy (non-hydrogen) atoms. The van der Waals surface area contributed by atoms with Crippen LogP contribution in [0.5, 0.6) is 0 Å². The zero-order valence-corrected chi connectivity index (χ0v) is 14.4. The third kappa shape index (κ3) is 2.64. The van der Waals surface area contributed by atoms with Gasteiger partial charge in [-0.2, -0.15) is 0 Å². The second-order valence-electron chi connectivity index (χ2n) is 6.24. The van der Waals surface area contributed by atoms with Crippen LogP contribution in [0.4, 0.5) is 0 Å². The number of Topliss-reactive ketones (excluding diaryl/α,β-unsaturated/α-hetero) is 1. The van der Waals surface area contributed by atoms with Gasteiger partial charge in [0.05, 0.1) is 23.8 Å². The molecule has 122 valence electrons. The van der Waals surface area contributed by atoms with Crippen LogP contribution in [0.15, 0.2) is 41.5 Å². The number of hydrogen-bond donors (Lipinski definition) is 0. The molecule has 3 rings (SSSR count). The van der Waals surface area contributed by atoms with Crippen LogP contribution in [0, 0.1) is 20.8 Å². The van der Waals surface area contributed by atoms with Gasteiger partial charge in [0.15, 0.2) is 5.78 Å². The fourth-order valence-corrected chi connectivity index (χ4v) is 3.40. The fraction of sp³-hybridized carbons (Fsp3) is 0.250. The first-order chi connectivity index (χ1) is 11.4. The van der Waals surface area contributed by atoms with Crippen molar-refractivity contribution in [3.8, 4) is 0 Å². The minimum absolute atomic E-state index is 0.0511. The maximum atomic E-state index is 12.7. The van der Waals surface area contributed by atoms with Crippen molar-refractivity contribution >= 4 is 16.7 Å². The SMILES string of the molecule is CC(=O)c1c(C)cc(C)c(Cn2cnc3ccccc3c2=O)c1C. The highest BCUT2D eigenvalue weighted by Gasteiger charge is 2.15. The number of para-hydroxylation sites is 1. The van der Waals surface area contributed by atoms with E-state index in [4.69, 9.17) is 0 Å². The monoisotopic (exact) mass is 320 g/mol. The smallest absolute Gasteiger partial charge is 0.261 e. The van der Waals surface area contributed by atoms with E-state index in [1.807, 2.05) is 45.0 Å². The molecule has 1 aromatic heterocycles. The Morgan fingerprint density at radius 2 is 1.83 bits per heavy atom. The van der Waals surface area contributed by atoms with E-state index in [0.29, 0.717) is 17.4 Å². The first kappa shape index (κ1) is 16.1. The summed E-state index contributed by atoms with van der Waals surface area (Å²) in [5.74, 6) is 0.0511. The van der Waals surface area contributed by atoms with Gasteiger partial charge >= 0.3 is 0 Å². The lowest BCUT2D eigenvalue weighted by molar-refractivity contribution is 0.101. The standard InChI is InChI=1S/C20H20N2O2/c1-12-9-13(2)19(15(4)23)14(3)17(12)10-22-11-21-18-8-6-5-7-16(18)20(22)24/h5-9,11H,10H2,1-4H3. The fourth-order valence-electron chi connectivity index (χ4n) is 3.40. The van der Waals surface area contributed by atoms with Gasteiger partial charge in [0, 0.05) is 5.56 Å². The van der Waals surface area contributed by atoms with Gasteiger partial charge in [-0.15, -0.1) is 0 Å². The Morgan fingerprint density at radius 1 is 1.12 bits per heavy atom. The number of hydrogen-bond acceptors (Lipinski definition) is 3. The van der Waals surface area contributed by atoms with E-state index in [2.05, 4.69) is 4.98 Å². The molecule has 2 aromatic carbocycles. The van der Waals surface area contributed by atoms with Crippen LogP contribution in [0.3, 0.4) is 0 Å². The number of aromatic nitrogens is 2. The predicted molar refractivity (Wildman–Crippen MR) is 95.8 cm³/mol. The van der Waals surface area contributed by atoms with Gasteiger partial charge in [0.1, 0.15) is 0 Å². The van der Waals surface area contributed by atoms with Crippen LogP contribution in [-0.2, 0) is 6.54 Å². The number of fused-ring (bicyclic) bond motifs is 1. The highest BCUT2D eigenvalue weighted by atomic mass is 16.1. The molecule has 0 N–H and O–H groups in total. The number of ketones is 1. The summed E-state index contributed by atoms with van der Waals surface area (Å²) in [6, 6.07) is 9.34. The van der Waals surface area contributed by atoms with Crippen LogP contribution in [-0.4, -0.2) is 15.3 Å². The van der Waals surface area contributed by atoms with Gasteiger partial charge in [-0.25, -0.2) is 4.98 Å². The molecule has 0 amide bonds. The molecule has 4 heteroatoms. The molecule has 0 aliphatic carbocycles. The Balaban J connectivity index is 2.16. The maximum absolute atomic E-state index is 12.7. The summed E-state index contributed by atoms with van der Waals surface area (Å²) in [4.78, 5) is 29.0. The van der Waals surface area contributed by atoms with Crippen LogP contribution < -0.4 is 5.56 Å². The molecule has 0 atom stereocenters. The maximum Gasteiger partial charge on any atom is 0.261 e. The second kappa shape index (κ2) is 6.04. The van der Waals surface area contributed by atoms with Crippen LogP contribution in [0.2, 0.25) is 0 Å². The van der Waals surface area contributed by atoms with Crippen LogP contribution >= 0.6 is 0 Å². The molecule has 0 unspecified atom stereocenters. The third-order valence-corrected chi connectivity index (χ3v) is 4.54. The van der Waals surface area contributed by atoms with E-state index in [1.54, 1.807) is 23.9 Å². The van der Waals surface area contributed by atoms with Gasteiger partial charge in [-0.3, -0.25) is 14.2 Å². The van der Waals surface area contributed by atoms with Crippen molar-refractivity contribution in [2.45, 2.75) is 34.2 Å². The highest BCUT2D eigenvalue weighted by molar-refractivity contribution is 5.97. The Kier molecular flexibility index (Phi) is 4.06. The summed E-state index contributed by atoms with van der Waals surface area (Å²) in [6.07, 6.45) is 1.58. The summed E-state index contributed by atoms with van der Waals surface area (Å²) in [6.45, 7) is 7.90. The minimum atomic E-state index is -0.0654. The van der Waals surface area contributed by atoms with Crippen molar-refractivity contribution in [2.24, 2.45) is 0 Å². The van der Waals surface area contributed by atoms with Gasteiger partial charge < -0.3 is 0 Å². The first-order valence-corrected chi connectivity index (χ1v) is 7.95. The van der Waals surface area contributed by atoms with E-state index >= 15 is 0 Å². The minimum Gasteiger partial charge on any atom is -0.294 e. The molecule has 0 radical (unpaired) electrons. The van der Waals surface area contributed by atoms with E-state index in [9.17, 15) is 9.59 Å². The summed E-state index contributed by atoms with van der Waals surface area (Å²) >= 11 is 0. The quantitative estimate of drug-likeness (QED) is 0.693. The predicted octanol–water partition coefficient (Wildman–Crippen LogP) is 3.57. The van der Waals surface area contributed by atoms with E-state index in [1.165, 1.54) is 0 Å².